The zero-order valence-electron chi connectivity index (χ0n) is 6.87. The third kappa shape index (κ3) is 1.28. The largest absolute Gasteiger partial charge is 0.293 e. The summed E-state index contributed by atoms with van der Waals surface area (Å²) < 4.78 is 0. The molecule has 0 bridgehead atoms. The standard InChI is InChI=1S/C10H7N2O/c1-2-7-3-4-9-8(5-7)10(13)6-11-12-9/h1,3-5,11H,6H2. The van der Waals surface area contributed by atoms with E-state index < -0.39 is 0 Å². The van der Waals surface area contributed by atoms with Gasteiger partial charge in [-0.05, 0) is 18.2 Å². The van der Waals surface area contributed by atoms with E-state index in [-0.39, 0.29) is 12.3 Å². The molecule has 0 aliphatic carbocycles. The molecule has 0 aromatic heterocycles. The number of hydrogen-bond acceptors (Lipinski definition) is 2. The van der Waals surface area contributed by atoms with Gasteiger partial charge in [-0.15, -0.1) is 6.42 Å². The maximum atomic E-state index is 11.4. The second-order valence-corrected chi connectivity index (χ2v) is 2.75. The molecular formula is C10H7N2O. The fourth-order valence-electron chi connectivity index (χ4n) is 1.24. The smallest absolute Gasteiger partial charge is 0.180 e. The molecular weight excluding hydrogens is 164 g/mol. The van der Waals surface area contributed by atoms with Crippen molar-refractivity contribution in [1.29, 1.82) is 0 Å². The van der Waals surface area contributed by atoms with Crippen molar-refractivity contribution in [3.8, 4) is 12.3 Å². The Morgan fingerprint density at radius 2 is 2.38 bits per heavy atom. The minimum absolute atomic E-state index is 0.0297. The van der Waals surface area contributed by atoms with Gasteiger partial charge < -0.3 is 0 Å². The van der Waals surface area contributed by atoms with Gasteiger partial charge in [-0.3, -0.25) is 4.79 Å². The van der Waals surface area contributed by atoms with E-state index in [1.54, 1.807) is 18.2 Å². The van der Waals surface area contributed by atoms with Gasteiger partial charge in [0.05, 0.1) is 12.2 Å². The molecule has 1 aromatic carbocycles. The molecule has 13 heavy (non-hydrogen) atoms. The average molecular weight is 171 g/mol. The summed E-state index contributed by atoms with van der Waals surface area (Å²) in [4.78, 5) is 11.4. The lowest BCUT2D eigenvalue weighted by Crippen LogP contribution is -2.33. The highest BCUT2D eigenvalue weighted by atomic mass is 16.1. The second kappa shape index (κ2) is 2.92. The van der Waals surface area contributed by atoms with Crippen molar-refractivity contribution in [3.05, 3.63) is 29.3 Å². The van der Waals surface area contributed by atoms with Crippen molar-refractivity contribution in [2.75, 3.05) is 6.54 Å². The fraction of sp³-hybridized carbons (Fsp3) is 0.100. The first-order valence-corrected chi connectivity index (χ1v) is 3.89. The monoisotopic (exact) mass is 171 g/mol. The van der Waals surface area contributed by atoms with Crippen LogP contribution in [0.15, 0.2) is 18.2 Å². The van der Waals surface area contributed by atoms with Crippen molar-refractivity contribution in [3.63, 3.8) is 0 Å². The Bertz CT molecular complexity index is 404. The van der Waals surface area contributed by atoms with E-state index in [9.17, 15) is 4.79 Å². The topological polar surface area (TPSA) is 43.2 Å². The maximum absolute atomic E-state index is 11.4. The van der Waals surface area contributed by atoms with Crippen molar-refractivity contribution >= 4 is 11.5 Å². The summed E-state index contributed by atoms with van der Waals surface area (Å²) in [5.41, 5.74) is 8.61. The Morgan fingerprint density at radius 3 is 3.15 bits per heavy atom. The Balaban J connectivity index is 2.55. The highest BCUT2D eigenvalue weighted by Crippen LogP contribution is 2.19. The number of fused-ring (bicyclic) bond motifs is 1. The van der Waals surface area contributed by atoms with E-state index in [1.807, 2.05) is 0 Å². The van der Waals surface area contributed by atoms with Crippen LogP contribution >= 0.6 is 0 Å². The van der Waals surface area contributed by atoms with Crippen molar-refractivity contribution in [2.45, 2.75) is 0 Å². The molecule has 0 saturated heterocycles. The molecule has 0 unspecified atom stereocenters. The molecule has 3 nitrogen and oxygen atoms in total. The predicted octanol–water partition coefficient (Wildman–Crippen LogP) is 0.605. The Hall–Kier alpha value is -1.79. The van der Waals surface area contributed by atoms with Crippen molar-refractivity contribution < 1.29 is 4.79 Å². The third-order valence-electron chi connectivity index (χ3n) is 1.90. The number of nitrogens with zero attached hydrogens (tertiary/aromatic N) is 1. The van der Waals surface area contributed by atoms with E-state index in [0.717, 1.165) is 0 Å². The SMILES string of the molecule is C#Cc1ccc2c(c1)C(=O)CN[N]2. The van der Waals surface area contributed by atoms with Crippen LogP contribution in [0, 0.1) is 12.3 Å². The van der Waals surface area contributed by atoms with E-state index in [4.69, 9.17) is 6.42 Å². The number of Topliss-reactive ketones (excluding diaryl/α,β-unsaturated/α-hetero) is 1. The zero-order chi connectivity index (χ0) is 9.26. The van der Waals surface area contributed by atoms with E-state index in [2.05, 4.69) is 16.8 Å². The minimum Gasteiger partial charge on any atom is -0.293 e. The summed E-state index contributed by atoms with van der Waals surface area (Å²) in [6, 6.07) is 5.21. The van der Waals surface area contributed by atoms with Crippen LogP contribution in [0.2, 0.25) is 0 Å². The average Bonchev–Trinajstić information content (AvgIpc) is 2.18. The molecule has 3 heteroatoms. The first-order chi connectivity index (χ1) is 6.31. The summed E-state index contributed by atoms with van der Waals surface area (Å²) >= 11 is 0. The molecule has 0 fully saturated rings. The zero-order valence-corrected chi connectivity index (χ0v) is 6.87. The molecule has 1 aromatic rings. The third-order valence-corrected chi connectivity index (χ3v) is 1.90. The van der Waals surface area contributed by atoms with Crippen molar-refractivity contribution in [2.24, 2.45) is 0 Å². The number of carbonyl (C=O) groups excluding carboxylic acids is 1. The number of hydrogen-bond donors (Lipinski definition) is 1. The van der Waals surface area contributed by atoms with Gasteiger partial charge in [0.1, 0.15) is 0 Å². The molecule has 1 aliphatic heterocycles. The van der Waals surface area contributed by atoms with E-state index in [1.165, 1.54) is 0 Å². The van der Waals surface area contributed by atoms with Gasteiger partial charge in [-0.2, -0.15) is 0 Å². The molecule has 63 valence electrons. The summed E-state index contributed by atoms with van der Waals surface area (Å²) in [5.74, 6) is 2.51. The van der Waals surface area contributed by atoms with Gasteiger partial charge in [0.15, 0.2) is 5.78 Å². The molecule has 1 aliphatic rings. The first kappa shape index (κ1) is 7.84. The fourth-order valence-corrected chi connectivity index (χ4v) is 1.24. The van der Waals surface area contributed by atoms with E-state index in [0.29, 0.717) is 16.8 Å². The van der Waals surface area contributed by atoms with Gasteiger partial charge in [0, 0.05) is 11.1 Å². The Morgan fingerprint density at radius 1 is 1.54 bits per heavy atom. The number of terminal acetylenes is 1. The number of carbonyl (C=O) groups is 1. The lowest BCUT2D eigenvalue weighted by atomic mass is 10.0. The summed E-state index contributed by atoms with van der Waals surface area (Å²) in [6.07, 6.45) is 5.22. The van der Waals surface area contributed by atoms with Crippen LogP contribution in [0.25, 0.3) is 0 Å². The number of nitrogens with one attached hydrogen (secondary N) is 1. The summed E-state index contributed by atoms with van der Waals surface area (Å²) in [5, 5.41) is 0. The molecule has 0 saturated carbocycles. The van der Waals surface area contributed by atoms with Gasteiger partial charge in [-0.25, -0.2) is 10.9 Å². The molecule has 0 atom stereocenters. The first-order valence-electron chi connectivity index (χ1n) is 3.89. The van der Waals surface area contributed by atoms with Gasteiger partial charge >= 0.3 is 0 Å². The van der Waals surface area contributed by atoms with Gasteiger partial charge in [-0.1, -0.05) is 5.92 Å². The molecule has 1 N–H and O–H groups in total. The lowest BCUT2D eigenvalue weighted by Gasteiger charge is -2.14. The van der Waals surface area contributed by atoms with Crippen LogP contribution in [0.3, 0.4) is 0 Å². The maximum Gasteiger partial charge on any atom is 0.180 e. The highest BCUT2D eigenvalue weighted by molar-refractivity contribution is 6.03. The number of ketones is 1. The Kier molecular flexibility index (Phi) is 1.76. The van der Waals surface area contributed by atoms with Crippen LogP contribution in [-0.4, -0.2) is 12.3 Å². The summed E-state index contributed by atoms with van der Waals surface area (Å²) in [6.45, 7) is 0.251. The van der Waals surface area contributed by atoms with Crippen LogP contribution < -0.4 is 10.9 Å². The van der Waals surface area contributed by atoms with Gasteiger partial charge in [0.2, 0.25) is 0 Å². The summed E-state index contributed by atoms with van der Waals surface area (Å²) in [7, 11) is 0. The van der Waals surface area contributed by atoms with Crippen molar-refractivity contribution in [1.82, 2.24) is 10.9 Å². The number of rotatable bonds is 0. The van der Waals surface area contributed by atoms with Crippen LogP contribution in [0.1, 0.15) is 15.9 Å². The number of benzene rings is 1. The molecule has 1 radical (unpaired) electrons. The van der Waals surface area contributed by atoms with Crippen LogP contribution in [-0.2, 0) is 0 Å². The quantitative estimate of drug-likeness (QED) is 0.581. The Labute approximate surface area is 76.1 Å². The normalized spacial score (nSPS) is 14.2. The molecule has 0 spiro atoms. The molecule has 1 heterocycles. The van der Waals surface area contributed by atoms with Crippen LogP contribution in [0.5, 0.6) is 0 Å². The highest BCUT2D eigenvalue weighted by Gasteiger charge is 2.17. The van der Waals surface area contributed by atoms with Crippen LogP contribution in [0.4, 0.5) is 5.69 Å². The second-order valence-electron chi connectivity index (χ2n) is 2.75. The molecule has 2 rings (SSSR count). The molecule has 0 amide bonds. The minimum atomic E-state index is 0.0297. The lowest BCUT2D eigenvalue weighted by molar-refractivity contribution is 0.0980. The van der Waals surface area contributed by atoms with E-state index >= 15 is 0 Å². The van der Waals surface area contributed by atoms with Gasteiger partial charge in [0.25, 0.3) is 0 Å². The predicted molar refractivity (Wildman–Crippen MR) is 48.5 cm³/mol.